The molecule has 4 aliphatic heterocycles. The summed E-state index contributed by atoms with van der Waals surface area (Å²) < 4.78 is 13.3. The number of phenolic OH excluding ortho intramolecular Hbond substituents is 2. The van der Waals surface area contributed by atoms with Gasteiger partial charge in [0, 0.05) is 49.4 Å². The predicted molar refractivity (Wildman–Crippen MR) is 194 cm³/mol. The largest absolute Gasteiger partial charge is 0.504 e. The number of likely N-dealkylation sites (tertiary alicyclic amines) is 2. The fourth-order valence-corrected chi connectivity index (χ4v) is 12.0. The Morgan fingerprint density at radius 2 is 1.12 bits per heavy atom. The first kappa shape index (κ1) is 34.0. The van der Waals surface area contributed by atoms with Gasteiger partial charge in [-0.25, -0.2) is 0 Å². The summed E-state index contributed by atoms with van der Waals surface area (Å²) in [6, 6.07) is 7.18. The third-order valence-corrected chi connectivity index (χ3v) is 13.8. The first-order chi connectivity index (χ1) is 23.2. The third kappa shape index (κ3) is 3.75. The molecule has 0 amide bonds. The van der Waals surface area contributed by atoms with Crippen molar-refractivity contribution in [3.63, 3.8) is 0 Å². The molecule has 4 heterocycles. The smallest absolute Gasteiger partial charge is 0.166 e. The topological polar surface area (TPSA) is 131 Å². The molecule has 266 valence electrons. The lowest BCUT2D eigenvalue weighted by molar-refractivity contribution is -0.164. The molecule has 10 nitrogen and oxygen atoms in total. The summed E-state index contributed by atoms with van der Waals surface area (Å²) in [4.78, 5) is 4.68. The van der Waals surface area contributed by atoms with E-state index in [4.69, 9.17) is 19.7 Å². The molecule has 8 atom stereocenters. The number of hydrogen-bond acceptors (Lipinski definition) is 10. The van der Waals surface area contributed by atoms with Crippen molar-refractivity contribution in [3.8, 4) is 23.0 Å². The van der Waals surface area contributed by atoms with Gasteiger partial charge in [-0.2, -0.15) is 10.2 Å². The fraction of sp³-hybridized carbons (Fsp3) is 0.526. The van der Waals surface area contributed by atoms with Gasteiger partial charge >= 0.3 is 0 Å². The van der Waals surface area contributed by atoms with Gasteiger partial charge in [0.05, 0.1) is 33.5 Å². The monoisotopic (exact) mass is 722 g/mol. The Labute approximate surface area is 304 Å². The van der Waals surface area contributed by atoms with E-state index >= 15 is 0 Å². The Morgan fingerprint density at radius 1 is 0.700 bits per heavy atom. The van der Waals surface area contributed by atoms with Crippen molar-refractivity contribution in [2.75, 3.05) is 26.2 Å². The average molecular weight is 724 g/mol. The Kier molecular flexibility index (Phi) is 7.61. The summed E-state index contributed by atoms with van der Waals surface area (Å²) in [6.45, 7) is 10.9. The Morgan fingerprint density at radius 3 is 1.52 bits per heavy atom. The van der Waals surface area contributed by atoms with Crippen LogP contribution in [-0.4, -0.2) is 103 Å². The number of nitrogens with zero attached hydrogens (tertiary/aromatic N) is 4. The van der Waals surface area contributed by atoms with Gasteiger partial charge in [-0.15, -0.1) is 38.0 Å². The maximum atomic E-state index is 12.7. The van der Waals surface area contributed by atoms with E-state index in [0.29, 0.717) is 76.0 Å². The highest BCUT2D eigenvalue weighted by Crippen LogP contribution is 2.66. The zero-order valence-corrected chi connectivity index (χ0v) is 29.5. The van der Waals surface area contributed by atoms with Crippen molar-refractivity contribution < 1.29 is 29.9 Å². The first-order valence-electron chi connectivity index (χ1n) is 17.5. The SMILES string of the molecule is C=CCN1CCC23c4c5ccc(O)c4O[C@@H]2/C(=N\N=C2\CC[C@@]4(O)C6Cc7ccc(O)c8c7[C@@]4(CCN6CC=C)[C@@H]2O8)CC[C@@]3(O)C1C5.Cl.Cl. The summed E-state index contributed by atoms with van der Waals surface area (Å²) in [7, 11) is 0. The Bertz CT molecular complexity index is 1750. The molecule has 50 heavy (non-hydrogen) atoms. The highest BCUT2D eigenvalue weighted by atomic mass is 35.5. The van der Waals surface area contributed by atoms with Crippen LogP contribution in [0.25, 0.3) is 0 Å². The normalized spacial score (nSPS) is 39.7. The minimum atomic E-state index is -1.06. The van der Waals surface area contributed by atoms with Crippen LogP contribution < -0.4 is 9.47 Å². The number of phenols is 2. The van der Waals surface area contributed by atoms with E-state index in [0.717, 1.165) is 46.8 Å². The molecule has 10 rings (SSSR count). The van der Waals surface area contributed by atoms with Crippen molar-refractivity contribution in [1.82, 2.24) is 9.80 Å². The molecular weight excluding hydrogens is 679 g/mol. The van der Waals surface area contributed by atoms with Gasteiger partial charge in [0.25, 0.3) is 0 Å². The van der Waals surface area contributed by atoms with E-state index in [-0.39, 0.29) is 48.4 Å². The van der Waals surface area contributed by atoms with E-state index in [1.54, 1.807) is 12.1 Å². The predicted octanol–water partition coefficient (Wildman–Crippen LogP) is 4.12. The highest BCUT2D eigenvalue weighted by Gasteiger charge is 2.74. The molecule has 12 heteroatoms. The first-order valence-corrected chi connectivity index (χ1v) is 17.5. The second-order valence-electron chi connectivity index (χ2n) is 15.4. The van der Waals surface area contributed by atoms with Crippen LogP contribution in [0.4, 0.5) is 0 Å². The van der Waals surface area contributed by atoms with Crippen LogP contribution in [0.15, 0.2) is 59.8 Å². The lowest BCUT2D eigenvalue weighted by atomic mass is 9.48. The molecule has 4 bridgehead atoms. The number of aromatic hydroxyl groups is 2. The quantitative estimate of drug-likeness (QED) is 0.268. The van der Waals surface area contributed by atoms with E-state index in [1.165, 1.54) is 0 Å². The second-order valence-corrected chi connectivity index (χ2v) is 15.4. The summed E-state index contributed by atoms with van der Waals surface area (Å²) >= 11 is 0. The van der Waals surface area contributed by atoms with E-state index in [2.05, 4.69) is 23.0 Å². The standard InChI is InChI=1S/C38H42N4O6.2ClH/c1-3-15-41-17-13-35-29-21-5-7-25(43)31(29)47-33(35)23(9-11-37(35,45)27(41)19-21)39-40-24-10-12-38(46)28-20-22-6-8-26(44)32-30(22)36(38,34(24)48-32)14-18-42(28)16-4-2;;/h3-8,27-28,33-34,43-46H,1-2,9-20H2;2*1H/b39-23-,40-24-;;/t27?,28?,33-,34-,35+,36?,37-,38-;;/m1../s1. The highest BCUT2D eigenvalue weighted by molar-refractivity contribution is 5.98. The maximum absolute atomic E-state index is 12.7. The van der Waals surface area contributed by atoms with Crippen LogP contribution in [0.2, 0.25) is 0 Å². The molecule has 3 unspecified atom stereocenters. The Balaban J connectivity index is 0.00000180. The Hall–Kier alpha value is -3.12. The van der Waals surface area contributed by atoms with Crippen LogP contribution in [0.5, 0.6) is 23.0 Å². The number of aliphatic hydroxyl groups is 2. The zero-order chi connectivity index (χ0) is 32.8. The van der Waals surface area contributed by atoms with Crippen LogP contribution in [0.1, 0.15) is 60.8 Å². The number of ether oxygens (including phenoxy) is 2. The van der Waals surface area contributed by atoms with E-state index < -0.39 is 34.2 Å². The summed E-state index contributed by atoms with van der Waals surface area (Å²) in [5, 5.41) is 57.4. The number of hydrogen-bond donors (Lipinski definition) is 4. The van der Waals surface area contributed by atoms with Gasteiger partial charge in [0.1, 0.15) is 0 Å². The van der Waals surface area contributed by atoms with Crippen molar-refractivity contribution in [3.05, 3.63) is 71.8 Å². The third-order valence-electron chi connectivity index (χ3n) is 13.8. The molecule has 8 aliphatic rings. The molecule has 4 N–H and O–H groups in total. The van der Waals surface area contributed by atoms with Crippen LogP contribution in [-0.2, 0) is 23.7 Å². The number of benzene rings is 2. The van der Waals surface area contributed by atoms with Gasteiger partial charge in [0.2, 0.25) is 0 Å². The lowest BCUT2D eigenvalue weighted by Crippen LogP contribution is -2.76. The number of piperidine rings is 2. The van der Waals surface area contributed by atoms with Crippen LogP contribution in [0, 0.1) is 0 Å². The summed E-state index contributed by atoms with van der Waals surface area (Å²) in [6.07, 6.45) is 7.42. The van der Waals surface area contributed by atoms with Crippen molar-refractivity contribution in [2.45, 2.75) is 97.7 Å². The van der Waals surface area contributed by atoms with Gasteiger partial charge in [-0.1, -0.05) is 24.3 Å². The molecule has 2 saturated heterocycles. The lowest BCUT2D eigenvalue weighted by Gasteiger charge is -2.63. The minimum absolute atomic E-state index is 0. The molecule has 2 aromatic carbocycles. The van der Waals surface area contributed by atoms with Crippen molar-refractivity contribution in [2.24, 2.45) is 10.2 Å². The van der Waals surface area contributed by atoms with Gasteiger partial charge in [0.15, 0.2) is 35.2 Å². The zero-order valence-electron chi connectivity index (χ0n) is 27.9. The molecule has 0 aromatic heterocycles. The number of rotatable bonds is 5. The molecular formula is C38H44Cl2N4O6. The average Bonchev–Trinajstić information content (AvgIpc) is 3.61. The maximum Gasteiger partial charge on any atom is 0.166 e. The van der Waals surface area contributed by atoms with E-state index in [9.17, 15) is 20.4 Å². The minimum Gasteiger partial charge on any atom is -0.504 e. The molecule has 4 fully saturated rings. The molecule has 0 radical (unpaired) electrons. The van der Waals surface area contributed by atoms with Gasteiger partial charge in [-0.3, -0.25) is 9.80 Å². The molecule has 2 aromatic rings. The molecule has 4 aliphatic carbocycles. The summed E-state index contributed by atoms with van der Waals surface area (Å²) in [5.74, 6) is 1.11. The summed E-state index contributed by atoms with van der Waals surface area (Å²) in [5.41, 5.74) is 1.99. The van der Waals surface area contributed by atoms with Crippen LogP contribution in [0.3, 0.4) is 0 Å². The molecule has 2 spiro atoms. The second kappa shape index (κ2) is 11.2. The van der Waals surface area contributed by atoms with Crippen LogP contribution >= 0.6 is 24.8 Å². The van der Waals surface area contributed by atoms with E-state index in [1.807, 2.05) is 24.3 Å². The van der Waals surface area contributed by atoms with Gasteiger partial charge in [-0.05, 0) is 74.6 Å². The van der Waals surface area contributed by atoms with Crippen molar-refractivity contribution in [1.29, 1.82) is 0 Å². The number of halogens is 2. The fourth-order valence-electron chi connectivity index (χ4n) is 12.0. The molecule has 2 saturated carbocycles. The van der Waals surface area contributed by atoms with Crippen molar-refractivity contribution >= 4 is 36.2 Å². The van der Waals surface area contributed by atoms with Gasteiger partial charge < -0.3 is 29.9 Å².